The van der Waals surface area contributed by atoms with Crippen LogP contribution in [-0.2, 0) is 13.0 Å². The second-order valence-electron chi connectivity index (χ2n) is 5.18. The highest BCUT2D eigenvalue weighted by atomic mass is 35.5. The van der Waals surface area contributed by atoms with Gasteiger partial charge in [0, 0.05) is 23.7 Å². The number of methoxy groups -OCH3 is 1. The molecular formula is C17H18ClNO2. The largest absolute Gasteiger partial charge is 0.497 e. The summed E-state index contributed by atoms with van der Waals surface area (Å²) < 4.78 is 11.1. The first kappa shape index (κ1) is 14.2. The van der Waals surface area contributed by atoms with Crippen LogP contribution in [0, 0.1) is 0 Å². The summed E-state index contributed by atoms with van der Waals surface area (Å²) in [7, 11) is 1.68. The standard InChI is InChI=1S/C17H18ClNO2/c1-20-16-6-7-17-14(10-16)11-19(12-21-17)9-8-13-2-4-15(18)5-3-13/h2-7,10H,8-9,11-12H2,1H3. The van der Waals surface area contributed by atoms with E-state index in [4.69, 9.17) is 21.1 Å². The minimum absolute atomic E-state index is 0.632. The van der Waals surface area contributed by atoms with Crippen molar-refractivity contribution in [3.8, 4) is 11.5 Å². The first-order valence-electron chi connectivity index (χ1n) is 7.01. The van der Waals surface area contributed by atoms with E-state index in [-0.39, 0.29) is 0 Å². The van der Waals surface area contributed by atoms with Crippen molar-refractivity contribution in [1.82, 2.24) is 4.90 Å². The van der Waals surface area contributed by atoms with E-state index in [0.717, 1.165) is 36.0 Å². The monoisotopic (exact) mass is 303 g/mol. The van der Waals surface area contributed by atoms with Crippen molar-refractivity contribution in [3.05, 3.63) is 58.6 Å². The maximum Gasteiger partial charge on any atom is 0.142 e. The summed E-state index contributed by atoms with van der Waals surface area (Å²) in [6.07, 6.45) is 0.986. The molecule has 1 aliphatic rings. The topological polar surface area (TPSA) is 21.7 Å². The van der Waals surface area contributed by atoms with E-state index in [1.807, 2.05) is 30.3 Å². The Labute approximate surface area is 130 Å². The third-order valence-electron chi connectivity index (χ3n) is 3.69. The van der Waals surface area contributed by atoms with E-state index in [1.165, 1.54) is 11.1 Å². The minimum atomic E-state index is 0.632. The van der Waals surface area contributed by atoms with Crippen LogP contribution in [0.1, 0.15) is 11.1 Å². The molecule has 21 heavy (non-hydrogen) atoms. The molecule has 2 aromatic rings. The maximum absolute atomic E-state index is 5.90. The highest BCUT2D eigenvalue weighted by molar-refractivity contribution is 6.30. The first-order chi connectivity index (χ1) is 10.2. The van der Waals surface area contributed by atoms with Crippen molar-refractivity contribution in [2.75, 3.05) is 20.4 Å². The quantitative estimate of drug-likeness (QED) is 0.859. The Morgan fingerprint density at radius 3 is 2.76 bits per heavy atom. The van der Waals surface area contributed by atoms with Crippen molar-refractivity contribution in [2.24, 2.45) is 0 Å². The number of rotatable bonds is 4. The van der Waals surface area contributed by atoms with Crippen LogP contribution in [-0.4, -0.2) is 25.3 Å². The molecule has 0 atom stereocenters. The van der Waals surface area contributed by atoms with Gasteiger partial charge in [0.15, 0.2) is 0 Å². The van der Waals surface area contributed by atoms with E-state index in [9.17, 15) is 0 Å². The van der Waals surface area contributed by atoms with E-state index >= 15 is 0 Å². The summed E-state index contributed by atoms with van der Waals surface area (Å²) in [6.45, 7) is 2.48. The average molecular weight is 304 g/mol. The highest BCUT2D eigenvalue weighted by Crippen LogP contribution is 2.28. The highest BCUT2D eigenvalue weighted by Gasteiger charge is 2.17. The molecule has 0 aromatic heterocycles. The van der Waals surface area contributed by atoms with Gasteiger partial charge >= 0.3 is 0 Å². The van der Waals surface area contributed by atoms with Gasteiger partial charge in [-0.15, -0.1) is 0 Å². The van der Waals surface area contributed by atoms with Crippen LogP contribution in [0.2, 0.25) is 5.02 Å². The molecular weight excluding hydrogens is 286 g/mol. The van der Waals surface area contributed by atoms with Crippen molar-refractivity contribution < 1.29 is 9.47 Å². The number of halogens is 1. The van der Waals surface area contributed by atoms with Crippen molar-refractivity contribution in [1.29, 1.82) is 0 Å². The van der Waals surface area contributed by atoms with Crippen molar-refractivity contribution in [2.45, 2.75) is 13.0 Å². The molecule has 0 bridgehead atoms. The summed E-state index contributed by atoms with van der Waals surface area (Å²) in [6, 6.07) is 14.0. The van der Waals surface area contributed by atoms with Gasteiger partial charge in [-0.1, -0.05) is 23.7 Å². The zero-order valence-electron chi connectivity index (χ0n) is 12.0. The molecule has 0 saturated carbocycles. The summed E-state index contributed by atoms with van der Waals surface area (Å²) in [5, 5.41) is 0.779. The van der Waals surface area contributed by atoms with Gasteiger partial charge in [0.05, 0.1) is 7.11 Å². The number of ether oxygens (including phenoxy) is 2. The lowest BCUT2D eigenvalue weighted by Gasteiger charge is -2.29. The molecule has 3 rings (SSSR count). The lowest BCUT2D eigenvalue weighted by Crippen LogP contribution is -2.33. The molecule has 4 heteroatoms. The van der Waals surface area contributed by atoms with Gasteiger partial charge < -0.3 is 9.47 Å². The lowest BCUT2D eigenvalue weighted by molar-refractivity contribution is 0.0963. The van der Waals surface area contributed by atoms with Crippen LogP contribution >= 0.6 is 11.6 Å². The Balaban J connectivity index is 1.62. The van der Waals surface area contributed by atoms with Crippen molar-refractivity contribution >= 4 is 11.6 Å². The van der Waals surface area contributed by atoms with Gasteiger partial charge in [0.2, 0.25) is 0 Å². The predicted molar refractivity (Wildman–Crippen MR) is 84.1 cm³/mol. The Morgan fingerprint density at radius 1 is 1.19 bits per heavy atom. The summed E-state index contributed by atoms with van der Waals surface area (Å²) >= 11 is 5.90. The summed E-state index contributed by atoms with van der Waals surface area (Å²) in [5.41, 5.74) is 2.47. The third kappa shape index (κ3) is 3.49. The molecule has 0 saturated heterocycles. The van der Waals surface area contributed by atoms with Crippen LogP contribution < -0.4 is 9.47 Å². The SMILES string of the molecule is COc1ccc2c(c1)CN(CCc1ccc(Cl)cc1)CO2. The second-order valence-corrected chi connectivity index (χ2v) is 5.61. The molecule has 0 unspecified atom stereocenters. The van der Waals surface area contributed by atoms with E-state index in [2.05, 4.69) is 17.0 Å². The Hall–Kier alpha value is -1.71. The molecule has 0 aliphatic carbocycles. The number of benzene rings is 2. The Kier molecular flexibility index (Phi) is 4.32. The van der Waals surface area contributed by atoms with Gasteiger partial charge in [-0.3, -0.25) is 4.90 Å². The van der Waals surface area contributed by atoms with Crippen molar-refractivity contribution in [3.63, 3.8) is 0 Å². The molecule has 0 amide bonds. The molecule has 0 N–H and O–H groups in total. The van der Waals surface area contributed by atoms with Crippen LogP contribution in [0.5, 0.6) is 11.5 Å². The molecule has 110 valence electrons. The van der Waals surface area contributed by atoms with E-state index < -0.39 is 0 Å². The summed E-state index contributed by atoms with van der Waals surface area (Å²) in [4.78, 5) is 2.29. The average Bonchev–Trinajstić information content (AvgIpc) is 2.53. The minimum Gasteiger partial charge on any atom is -0.497 e. The lowest BCUT2D eigenvalue weighted by atomic mass is 10.1. The summed E-state index contributed by atoms with van der Waals surface area (Å²) in [5.74, 6) is 1.83. The van der Waals surface area contributed by atoms with E-state index in [0.29, 0.717) is 6.73 Å². The van der Waals surface area contributed by atoms with Gasteiger partial charge in [-0.2, -0.15) is 0 Å². The smallest absolute Gasteiger partial charge is 0.142 e. The zero-order valence-corrected chi connectivity index (χ0v) is 12.8. The van der Waals surface area contributed by atoms with Crippen LogP contribution in [0.4, 0.5) is 0 Å². The predicted octanol–water partition coefficient (Wildman–Crippen LogP) is 3.74. The maximum atomic E-state index is 5.90. The van der Waals surface area contributed by atoms with Gasteiger partial charge in [-0.05, 0) is 42.3 Å². The number of nitrogens with zero attached hydrogens (tertiary/aromatic N) is 1. The third-order valence-corrected chi connectivity index (χ3v) is 3.95. The second kappa shape index (κ2) is 6.37. The zero-order chi connectivity index (χ0) is 14.7. The van der Waals surface area contributed by atoms with Gasteiger partial charge in [0.25, 0.3) is 0 Å². The fourth-order valence-corrected chi connectivity index (χ4v) is 2.60. The molecule has 3 nitrogen and oxygen atoms in total. The number of hydrogen-bond acceptors (Lipinski definition) is 3. The Morgan fingerprint density at radius 2 is 2.00 bits per heavy atom. The van der Waals surface area contributed by atoms with Crippen LogP contribution in [0.3, 0.4) is 0 Å². The van der Waals surface area contributed by atoms with Crippen LogP contribution in [0.15, 0.2) is 42.5 Å². The molecule has 2 aromatic carbocycles. The molecule has 0 spiro atoms. The molecule has 0 fully saturated rings. The van der Waals surface area contributed by atoms with E-state index in [1.54, 1.807) is 7.11 Å². The molecule has 1 aliphatic heterocycles. The molecule has 1 heterocycles. The fourth-order valence-electron chi connectivity index (χ4n) is 2.48. The number of hydrogen-bond donors (Lipinski definition) is 0. The number of fused-ring (bicyclic) bond motifs is 1. The first-order valence-corrected chi connectivity index (χ1v) is 7.39. The Bertz CT molecular complexity index is 613. The van der Waals surface area contributed by atoms with Crippen LogP contribution in [0.25, 0.3) is 0 Å². The molecule has 0 radical (unpaired) electrons. The normalized spacial score (nSPS) is 14.4. The fraction of sp³-hybridized carbons (Fsp3) is 0.294. The van der Waals surface area contributed by atoms with Gasteiger partial charge in [0.1, 0.15) is 18.2 Å². The van der Waals surface area contributed by atoms with Gasteiger partial charge in [-0.25, -0.2) is 0 Å².